The minimum atomic E-state index is -0.401. The van der Waals surface area contributed by atoms with Crippen molar-refractivity contribution in [2.24, 2.45) is 0 Å². The number of hydrogen-bond donors (Lipinski definition) is 0. The van der Waals surface area contributed by atoms with Crippen molar-refractivity contribution >= 4 is 22.7 Å². The molecule has 0 saturated heterocycles. The second-order valence-electron chi connectivity index (χ2n) is 6.37. The third kappa shape index (κ3) is 4.14. The van der Waals surface area contributed by atoms with Crippen LogP contribution >= 0.6 is 11.8 Å². The summed E-state index contributed by atoms with van der Waals surface area (Å²) in [7, 11) is 0. The Kier molecular flexibility index (Phi) is 5.57. The first-order chi connectivity index (χ1) is 14.1. The highest BCUT2D eigenvalue weighted by Crippen LogP contribution is 2.22. The van der Waals surface area contributed by atoms with Crippen molar-refractivity contribution in [2.45, 2.75) is 12.1 Å². The molecule has 0 radical (unpaired) electrons. The lowest BCUT2D eigenvalue weighted by Crippen LogP contribution is -2.23. The molecule has 0 aliphatic rings. The normalized spacial score (nSPS) is 11.0. The van der Waals surface area contributed by atoms with Gasteiger partial charge < -0.3 is 4.74 Å². The molecule has 2 aromatic carbocycles. The molecule has 0 aliphatic carbocycles. The van der Waals surface area contributed by atoms with Crippen molar-refractivity contribution in [1.29, 1.82) is 0 Å². The molecule has 0 N–H and O–H groups in total. The van der Waals surface area contributed by atoms with Crippen LogP contribution in [-0.2, 0) is 0 Å². The fraction of sp³-hybridized carbons (Fsp3) is 0.136. The Morgan fingerprint density at radius 2 is 1.90 bits per heavy atom. The summed E-state index contributed by atoms with van der Waals surface area (Å²) in [5.74, 6) is 0.815. The molecule has 4 aromatic rings. The van der Waals surface area contributed by atoms with Crippen molar-refractivity contribution < 1.29 is 9.13 Å². The molecule has 0 saturated carbocycles. The standard InChI is InChI=1S/C22H18FN3O2S/c1-15-10-11-24-20(14-15)26-21(27)16-6-2-4-8-18(16)25-22(26)29-13-12-28-19-9-5-3-7-17(19)23/h2-11,14H,12-13H2,1H3. The third-order valence-electron chi connectivity index (χ3n) is 4.28. The second-order valence-corrected chi connectivity index (χ2v) is 7.43. The molecule has 0 atom stereocenters. The summed E-state index contributed by atoms with van der Waals surface area (Å²) >= 11 is 1.37. The number of fused-ring (bicyclic) bond motifs is 1. The van der Waals surface area contributed by atoms with E-state index in [2.05, 4.69) is 9.97 Å². The maximum atomic E-state index is 13.7. The first-order valence-electron chi connectivity index (χ1n) is 9.08. The second kappa shape index (κ2) is 8.45. The molecular weight excluding hydrogens is 389 g/mol. The van der Waals surface area contributed by atoms with Crippen LogP contribution in [0.3, 0.4) is 0 Å². The average molecular weight is 407 g/mol. The number of halogens is 1. The van der Waals surface area contributed by atoms with E-state index in [1.54, 1.807) is 30.5 Å². The van der Waals surface area contributed by atoms with E-state index < -0.39 is 5.82 Å². The zero-order valence-electron chi connectivity index (χ0n) is 15.7. The number of rotatable bonds is 6. The highest BCUT2D eigenvalue weighted by atomic mass is 32.2. The van der Waals surface area contributed by atoms with Crippen LogP contribution in [0.15, 0.2) is 76.8 Å². The van der Waals surface area contributed by atoms with Gasteiger partial charge in [-0.1, -0.05) is 36.0 Å². The first-order valence-corrected chi connectivity index (χ1v) is 10.1. The molecule has 146 valence electrons. The zero-order chi connectivity index (χ0) is 20.2. The number of ether oxygens (including phenoxy) is 1. The number of nitrogens with zero attached hydrogens (tertiary/aromatic N) is 3. The molecular formula is C22H18FN3O2S. The van der Waals surface area contributed by atoms with Gasteiger partial charge in [0.2, 0.25) is 0 Å². The predicted octanol–water partition coefficient (Wildman–Crippen LogP) is 4.40. The molecule has 0 unspecified atom stereocenters. The van der Waals surface area contributed by atoms with Crippen molar-refractivity contribution in [1.82, 2.24) is 14.5 Å². The molecule has 0 aliphatic heterocycles. The fourth-order valence-corrected chi connectivity index (χ4v) is 3.72. The number of para-hydroxylation sites is 2. The summed E-state index contributed by atoms with van der Waals surface area (Å²) in [6.07, 6.45) is 1.67. The van der Waals surface area contributed by atoms with Gasteiger partial charge in [-0.3, -0.25) is 4.79 Å². The predicted molar refractivity (Wildman–Crippen MR) is 112 cm³/mol. The monoisotopic (exact) mass is 407 g/mol. The van der Waals surface area contributed by atoms with Gasteiger partial charge in [-0.15, -0.1) is 0 Å². The first kappa shape index (κ1) is 19.1. The van der Waals surface area contributed by atoms with Crippen LogP contribution < -0.4 is 10.3 Å². The van der Waals surface area contributed by atoms with E-state index in [1.807, 2.05) is 37.3 Å². The van der Waals surface area contributed by atoms with Crippen LogP contribution in [0.2, 0.25) is 0 Å². The zero-order valence-corrected chi connectivity index (χ0v) is 16.5. The third-order valence-corrected chi connectivity index (χ3v) is 5.19. The van der Waals surface area contributed by atoms with Gasteiger partial charge in [-0.2, -0.15) is 0 Å². The van der Waals surface area contributed by atoms with Crippen LogP contribution in [0.1, 0.15) is 5.56 Å². The molecule has 2 heterocycles. The van der Waals surface area contributed by atoms with E-state index in [0.29, 0.717) is 27.6 Å². The van der Waals surface area contributed by atoms with Gasteiger partial charge in [0.25, 0.3) is 5.56 Å². The van der Waals surface area contributed by atoms with Crippen LogP contribution in [-0.4, -0.2) is 26.9 Å². The Morgan fingerprint density at radius 3 is 2.72 bits per heavy atom. The molecule has 29 heavy (non-hydrogen) atoms. The highest BCUT2D eigenvalue weighted by Gasteiger charge is 2.14. The minimum Gasteiger partial charge on any atom is -0.490 e. The SMILES string of the molecule is Cc1ccnc(-n2c(SCCOc3ccccc3F)nc3ccccc3c2=O)c1. The summed E-state index contributed by atoms with van der Waals surface area (Å²) in [5.41, 5.74) is 1.44. The average Bonchev–Trinajstić information content (AvgIpc) is 2.72. The fourth-order valence-electron chi connectivity index (χ4n) is 2.90. The van der Waals surface area contributed by atoms with E-state index in [9.17, 15) is 9.18 Å². The van der Waals surface area contributed by atoms with Crippen LogP contribution in [0.5, 0.6) is 5.75 Å². The lowest BCUT2D eigenvalue weighted by Gasteiger charge is -2.13. The number of benzene rings is 2. The molecule has 0 spiro atoms. The van der Waals surface area contributed by atoms with Gasteiger partial charge in [0.1, 0.15) is 5.82 Å². The lowest BCUT2D eigenvalue weighted by molar-refractivity contribution is 0.325. The van der Waals surface area contributed by atoms with Crippen LogP contribution in [0.4, 0.5) is 4.39 Å². The Morgan fingerprint density at radius 1 is 1.10 bits per heavy atom. The van der Waals surface area contributed by atoms with Gasteiger partial charge in [-0.25, -0.2) is 18.9 Å². The Bertz CT molecular complexity index is 1230. The van der Waals surface area contributed by atoms with Gasteiger partial charge in [-0.05, 0) is 48.9 Å². The van der Waals surface area contributed by atoms with Crippen LogP contribution in [0, 0.1) is 12.7 Å². The summed E-state index contributed by atoms with van der Waals surface area (Å²) in [5, 5.41) is 1.05. The summed E-state index contributed by atoms with van der Waals surface area (Å²) in [6.45, 7) is 2.22. The van der Waals surface area contributed by atoms with E-state index in [0.717, 1.165) is 5.56 Å². The smallest absolute Gasteiger partial charge is 0.267 e. The molecule has 5 nitrogen and oxygen atoms in total. The van der Waals surface area contributed by atoms with E-state index in [1.165, 1.54) is 22.4 Å². The van der Waals surface area contributed by atoms with Crippen molar-refractivity contribution in [3.8, 4) is 11.6 Å². The van der Waals surface area contributed by atoms with E-state index in [-0.39, 0.29) is 17.9 Å². The maximum Gasteiger partial charge on any atom is 0.267 e. The van der Waals surface area contributed by atoms with Gasteiger partial charge in [0.15, 0.2) is 16.7 Å². The van der Waals surface area contributed by atoms with E-state index >= 15 is 0 Å². The number of hydrogen-bond acceptors (Lipinski definition) is 5. The molecule has 0 bridgehead atoms. The van der Waals surface area contributed by atoms with Crippen LogP contribution in [0.25, 0.3) is 16.7 Å². The Hall–Kier alpha value is -3.19. The summed E-state index contributed by atoms with van der Waals surface area (Å²) in [4.78, 5) is 22.2. The van der Waals surface area contributed by atoms with Gasteiger partial charge in [0, 0.05) is 11.9 Å². The molecule has 2 aromatic heterocycles. The summed E-state index contributed by atoms with van der Waals surface area (Å²) < 4.78 is 20.7. The van der Waals surface area contributed by atoms with Crippen molar-refractivity contribution in [3.05, 3.63) is 88.6 Å². The Labute approximate surface area is 171 Å². The quantitative estimate of drug-likeness (QED) is 0.269. The van der Waals surface area contributed by atoms with Gasteiger partial charge >= 0.3 is 0 Å². The molecule has 0 fully saturated rings. The lowest BCUT2D eigenvalue weighted by atomic mass is 10.2. The van der Waals surface area contributed by atoms with Crippen molar-refractivity contribution in [2.75, 3.05) is 12.4 Å². The summed E-state index contributed by atoms with van der Waals surface area (Å²) in [6, 6.07) is 17.2. The minimum absolute atomic E-state index is 0.175. The number of thioether (sulfide) groups is 1. The number of pyridine rings is 1. The maximum absolute atomic E-state index is 13.7. The topological polar surface area (TPSA) is 57.0 Å². The van der Waals surface area contributed by atoms with Crippen molar-refractivity contribution in [3.63, 3.8) is 0 Å². The number of aromatic nitrogens is 3. The number of aryl methyl sites for hydroxylation is 1. The molecule has 4 rings (SSSR count). The molecule has 0 amide bonds. The Balaban J connectivity index is 1.64. The largest absolute Gasteiger partial charge is 0.490 e. The van der Waals surface area contributed by atoms with Gasteiger partial charge in [0.05, 0.1) is 17.5 Å². The van der Waals surface area contributed by atoms with E-state index in [4.69, 9.17) is 4.74 Å². The molecule has 7 heteroatoms. The highest BCUT2D eigenvalue weighted by molar-refractivity contribution is 7.99.